The molecule has 2 aromatic rings. The number of aromatic amines is 1. The summed E-state index contributed by atoms with van der Waals surface area (Å²) in [6.45, 7) is 6.10. The fourth-order valence-corrected chi connectivity index (χ4v) is 2.63. The van der Waals surface area contributed by atoms with E-state index < -0.39 is 0 Å². The Morgan fingerprint density at radius 1 is 1.36 bits per heavy atom. The Morgan fingerprint density at radius 3 is 2.72 bits per heavy atom. The topological polar surface area (TPSA) is 114 Å². The van der Waals surface area contributed by atoms with E-state index in [0.717, 1.165) is 5.56 Å². The number of halogens is 1. The minimum Gasteiger partial charge on any atom is -0.493 e. The lowest BCUT2D eigenvalue weighted by Crippen LogP contribution is -2.43. The van der Waals surface area contributed by atoms with Gasteiger partial charge in [0.05, 0.1) is 11.6 Å². The van der Waals surface area contributed by atoms with Crippen molar-refractivity contribution in [3.8, 4) is 11.5 Å². The Labute approximate surface area is 154 Å². The van der Waals surface area contributed by atoms with Gasteiger partial charge in [0.25, 0.3) is 11.9 Å². The second-order valence-corrected chi connectivity index (χ2v) is 7.14. The number of amides is 1. The van der Waals surface area contributed by atoms with Gasteiger partial charge in [-0.3, -0.25) is 4.79 Å². The summed E-state index contributed by atoms with van der Waals surface area (Å²) in [5.74, 6) is 1.18. The minimum absolute atomic E-state index is 0.104. The molecule has 0 atom stereocenters. The van der Waals surface area contributed by atoms with Gasteiger partial charge in [-0.1, -0.05) is 5.10 Å². The highest BCUT2D eigenvalue weighted by atomic mass is 79.9. The highest BCUT2D eigenvalue weighted by Gasteiger charge is 2.17. The zero-order valence-electron chi connectivity index (χ0n) is 14.5. The molecule has 0 bridgehead atoms. The van der Waals surface area contributed by atoms with E-state index in [9.17, 15) is 4.79 Å². The Kier molecular flexibility index (Phi) is 6.18. The van der Waals surface area contributed by atoms with Gasteiger partial charge in [-0.2, -0.15) is 5.21 Å². The van der Waals surface area contributed by atoms with E-state index in [2.05, 4.69) is 47.2 Å². The number of aromatic nitrogens is 4. The Balaban J connectivity index is 2.04. The Hall–Kier alpha value is -2.36. The van der Waals surface area contributed by atoms with Crippen molar-refractivity contribution in [1.29, 1.82) is 0 Å². The maximum Gasteiger partial charge on any atom is 0.263 e. The molecule has 0 aliphatic rings. The molecule has 1 heterocycles. The number of anilines is 1. The zero-order chi connectivity index (χ0) is 18.4. The van der Waals surface area contributed by atoms with Crippen LogP contribution in [0.25, 0.3) is 0 Å². The number of hydrogen-bond donors (Lipinski definition) is 3. The highest BCUT2D eigenvalue weighted by molar-refractivity contribution is 9.10. The van der Waals surface area contributed by atoms with Crippen LogP contribution in [0.15, 0.2) is 16.6 Å². The fourth-order valence-electron chi connectivity index (χ4n) is 2.03. The summed E-state index contributed by atoms with van der Waals surface area (Å²) in [6.07, 6.45) is 0. The predicted molar refractivity (Wildman–Crippen MR) is 95.6 cm³/mol. The number of carbonyl (C=O) groups is 1. The van der Waals surface area contributed by atoms with Crippen molar-refractivity contribution in [3.05, 3.63) is 22.2 Å². The average molecular weight is 413 g/mol. The number of nitrogens with one attached hydrogen (secondary N) is 3. The van der Waals surface area contributed by atoms with Crippen molar-refractivity contribution in [2.24, 2.45) is 0 Å². The standard InChI is InChI=1S/C15H21BrN6O3/c1-15(2,3)18-12(23)8-25-13-10(16)5-9(6-11(13)24-4)7-17-14-19-21-22-20-14/h5-6H,7-8H2,1-4H3,(H,18,23)(H2,17,19,20,21,22). The molecule has 0 saturated carbocycles. The lowest BCUT2D eigenvalue weighted by Gasteiger charge is -2.21. The molecule has 0 aliphatic heterocycles. The molecule has 0 radical (unpaired) electrons. The number of tetrazole rings is 1. The molecular weight excluding hydrogens is 392 g/mol. The first-order chi connectivity index (χ1) is 11.8. The van der Waals surface area contributed by atoms with E-state index in [1.165, 1.54) is 0 Å². The molecule has 10 heteroatoms. The van der Waals surface area contributed by atoms with Crippen LogP contribution in [0, 0.1) is 0 Å². The average Bonchev–Trinajstić information content (AvgIpc) is 3.03. The quantitative estimate of drug-likeness (QED) is 0.635. The van der Waals surface area contributed by atoms with Crippen molar-refractivity contribution in [2.75, 3.05) is 19.0 Å². The zero-order valence-corrected chi connectivity index (χ0v) is 16.1. The Morgan fingerprint density at radius 2 is 2.12 bits per heavy atom. The van der Waals surface area contributed by atoms with E-state index >= 15 is 0 Å². The van der Waals surface area contributed by atoms with E-state index in [-0.39, 0.29) is 18.1 Å². The van der Waals surface area contributed by atoms with Gasteiger partial charge in [-0.25, -0.2) is 0 Å². The van der Waals surface area contributed by atoms with E-state index in [1.54, 1.807) is 7.11 Å². The monoisotopic (exact) mass is 412 g/mol. The number of benzene rings is 1. The second-order valence-electron chi connectivity index (χ2n) is 6.28. The van der Waals surface area contributed by atoms with E-state index in [1.807, 2.05) is 32.9 Å². The van der Waals surface area contributed by atoms with Gasteiger partial charge in [-0.05, 0) is 59.6 Å². The second kappa shape index (κ2) is 8.15. The third kappa shape index (κ3) is 5.89. The molecule has 0 saturated heterocycles. The minimum atomic E-state index is -0.313. The molecule has 2 rings (SSSR count). The number of H-pyrrole nitrogens is 1. The van der Waals surface area contributed by atoms with E-state index in [0.29, 0.717) is 28.5 Å². The first-order valence-electron chi connectivity index (χ1n) is 7.56. The number of rotatable bonds is 7. The van der Waals surface area contributed by atoms with Gasteiger partial charge in [0.2, 0.25) is 0 Å². The molecule has 1 aromatic heterocycles. The smallest absolute Gasteiger partial charge is 0.263 e. The van der Waals surface area contributed by atoms with Gasteiger partial charge in [0, 0.05) is 12.1 Å². The van der Waals surface area contributed by atoms with Crippen LogP contribution in [0.1, 0.15) is 26.3 Å². The summed E-state index contributed by atoms with van der Waals surface area (Å²) in [6, 6.07) is 3.68. The molecule has 3 N–H and O–H groups in total. The van der Waals surface area contributed by atoms with Crippen molar-refractivity contribution < 1.29 is 14.3 Å². The first-order valence-corrected chi connectivity index (χ1v) is 8.35. The maximum absolute atomic E-state index is 11.9. The summed E-state index contributed by atoms with van der Waals surface area (Å²) in [7, 11) is 1.54. The molecule has 0 fully saturated rings. The maximum atomic E-state index is 11.9. The number of nitrogens with zero attached hydrogens (tertiary/aromatic N) is 3. The van der Waals surface area contributed by atoms with Gasteiger partial charge in [0.15, 0.2) is 18.1 Å². The highest BCUT2D eigenvalue weighted by Crippen LogP contribution is 2.36. The lowest BCUT2D eigenvalue weighted by atomic mass is 10.1. The molecule has 9 nitrogen and oxygen atoms in total. The molecule has 0 aliphatic carbocycles. The van der Waals surface area contributed by atoms with E-state index in [4.69, 9.17) is 9.47 Å². The summed E-state index contributed by atoms with van der Waals surface area (Å²) in [5.41, 5.74) is 0.604. The molecule has 136 valence electrons. The number of ether oxygens (including phenoxy) is 2. The van der Waals surface area contributed by atoms with Gasteiger partial charge in [0.1, 0.15) is 0 Å². The summed E-state index contributed by atoms with van der Waals surface area (Å²) >= 11 is 3.45. The van der Waals surface area contributed by atoms with Crippen molar-refractivity contribution in [3.63, 3.8) is 0 Å². The van der Waals surface area contributed by atoms with Crippen LogP contribution in [0.2, 0.25) is 0 Å². The first kappa shape index (κ1) is 19.0. The summed E-state index contributed by atoms with van der Waals surface area (Å²) in [4.78, 5) is 11.9. The molecular formula is C15H21BrN6O3. The largest absolute Gasteiger partial charge is 0.493 e. The number of hydrogen-bond acceptors (Lipinski definition) is 7. The molecule has 25 heavy (non-hydrogen) atoms. The summed E-state index contributed by atoms with van der Waals surface area (Å²) < 4.78 is 11.7. The van der Waals surface area contributed by atoms with Gasteiger partial charge < -0.3 is 20.1 Å². The van der Waals surface area contributed by atoms with Gasteiger partial charge in [-0.15, -0.1) is 5.10 Å². The van der Waals surface area contributed by atoms with Crippen LogP contribution in [0.4, 0.5) is 5.95 Å². The van der Waals surface area contributed by atoms with Crippen LogP contribution in [0.3, 0.4) is 0 Å². The Bertz CT molecular complexity index is 715. The normalized spacial score (nSPS) is 11.1. The predicted octanol–water partition coefficient (Wildman–Crippen LogP) is 1.88. The molecule has 0 unspecified atom stereocenters. The van der Waals surface area contributed by atoms with Crippen molar-refractivity contribution in [1.82, 2.24) is 25.9 Å². The molecule has 1 amide bonds. The fraction of sp³-hybridized carbons (Fsp3) is 0.467. The molecule has 1 aromatic carbocycles. The summed E-state index contributed by atoms with van der Waals surface area (Å²) in [5, 5.41) is 19.3. The van der Waals surface area contributed by atoms with Crippen LogP contribution < -0.4 is 20.1 Å². The van der Waals surface area contributed by atoms with Crippen molar-refractivity contribution >= 4 is 27.8 Å². The lowest BCUT2D eigenvalue weighted by molar-refractivity contribution is -0.124. The van der Waals surface area contributed by atoms with Crippen LogP contribution in [-0.2, 0) is 11.3 Å². The number of carbonyl (C=O) groups excluding carboxylic acids is 1. The van der Waals surface area contributed by atoms with Crippen LogP contribution in [-0.4, -0.2) is 45.8 Å². The third-order valence-electron chi connectivity index (χ3n) is 2.95. The van der Waals surface area contributed by atoms with Crippen LogP contribution in [0.5, 0.6) is 11.5 Å². The van der Waals surface area contributed by atoms with Gasteiger partial charge >= 0.3 is 0 Å². The van der Waals surface area contributed by atoms with Crippen molar-refractivity contribution in [2.45, 2.75) is 32.9 Å². The molecule has 0 spiro atoms. The SMILES string of the molecule is COc1cc(CNc2nn[nH]n2)cc(Br)c1OCC(=O)NC(C)(C)C. The third-order valence-corrected chi connectivity index (χ3v) is 3.54. The van der Waals surface area contributed by atoms with Crippen LogP contribution >= 0.6 is 15.9 Å². The number of methoxy groups -OCH3 is 1.